The van der Waals surface area contributed by atoms with Crippen molar-refractivity contribution in [2.75, 3.05) is 36.9 Å². The fraction of sp³-hybridized carbons (Fsp3) is 0.471. The van der Waals surface area contributed by atoms with Crippen LogP contribution in [0, 0.1) is 11.6 Å². The maximum atomic E-state index is 14.0. The first-order chi connectivity index (χ1) is 11.9. The summed E-state index contributed by atoms with van der Waals surface area (Å²) in [5.41, 5.74) is 5.14. The Balaban J connectivity index is 1.92. The van der Waals surface area contributed by atoms with Gasteiger partial charge in [0, 0.05) is 24.1 Å². The number of ether oxygens (including phenoxy) is 1. The van der Waals surface area contributed by atoms with Crippen LogP contribution in [0.2, 0.25) is 0 Å². The molecule has 0 saturated carbocycles. The minimum Gasteiger partial charge on any atom is -0.378 e. The standard InChI is InChI=1S/C17H21F2N5O/c1-17(2,10-11-12(18)4-3-5-13(11)19)14-21-15(20)23-16(22-14)24-6-8-25-9-7-24/h3-5H,6-10H2,1-2H3,(H2,20,21,22,23). The average Bonchev–Trinajstić information content (AvgIpc) is 2.58. The van der Waals surface area contributed by atoms with Crippen molar-refractivity contribution < 1.29 is 13.5 Å². The summed E-state index contributed by atoms with van der Waals surface area (Å²) in [5.74, 6) is -0.197. The predicted molar refractivity (Wildman–Crippen MR) is 90.4 cm³/mol. The molecule has 6 nitrogen and oxygen atoms in total. The third kappa shape index (κ3) is 3.84. The highest BCUT2D eigenvalue weighted by Crippen LogP contribution is 2.29. The van der Waals surface area contributed by atoms with E-state index in [-0.39, 0.29) is 17.9 Å². The lowest BCUT2D eigenvalue weighted by atomic mass is 9.84. The van der Waals surface area contributed by atoms with Crippen molar-refractivity contribution in [2.45, 2.75) is 25.7 Å². The van der Waals surface area contributed by atoms with Gasteiger partial charge in [-0.25, -0.2) is 8.78 Å². The molecule has 0 amide bonds. The highest BCUT2D eigenvalue weighted by molar-refractivity contribution is 5.37. The second-order valence-electron chi connectivity index (χ2n) is 6.68. The molecule has 1 saturated heterocycles. The van der Waals surface area contributed by atoms with Crippen LogP contribution in [0.1, 0.15) is 25.2 Å². The molecule has 1 fully saturated rings. The van der Waals surface area contributed by atoms with Crippen molar-refractivity contribution in [1.82, 2.24) is 15.0 Å². The minimum absolute atomic E-state index is 0.0133. The van der Waals surface area contributed by atoms with E-state index in [4.69, 9.17) is 10.5 Å². The van der Waals surface area contributed by atoms with Crippen molar-refractivity contribution in [3.63, 3.8) is 0 Å². The van der Waals surface area contributed by atoms with Crippen LogP contribution in [0.5, 0.6) is 0 Å². The molecule has 2 aromatic rings. The van der Waals surface area contributed by atoms with Crippen LogP contribution < -0.4 is 10.6 Å². The topological polar surface area (TPSA) is 77.2 Å². The summed E-state index contributed by atoms with van der Waals surface area (Å²) in [6.07, 6.45) is 0.109. The van der Waals surface area contributed by atoms with Crippen LogP contribution in [-0.4, -0.2) is 41.3 Å². The van der Waals surface area contributed by atoms with Crippen LogP contribution in [0.15, 0.2) is 18.2 Å². The monoisotopic (exact) mass is 349 g/mol. The Kier molecular flexibility index (Phi) is 4.80. The number of hydrogen-bond acceptors (Lipinski definition) is 6. The molecular formula is C17H21F2N5O. The predicted octanol–water partition coefficient (Wildman–Crippen LogP) is 2.09. The van der Waals surface area contributed by atoms with Gasteiger partial charge < -0.3 is 15.4 Å². The van der Waals surface area contributed by atoms with Crippen molar-refractivity contribution >= 4 is 11.9 Å². The van der Waals surface area contributed by atoms with Gasteiger partial charge in [-0.1, -0.05) is 19.9 Å². The fourth-order valence-corrected chi connectivity index (χ4v) is 2.81. The maximum Gasteiger partial charge on any atom is 0.230 e. The Hall–Kier alpha value is -2.35. The molecule has 0 aliphatic carbocycles. The quantitative estimate of drug-likeness (QED) is 0.911. The molecule has 1 aliphatic heterocycles. The molecule has 0 spiro atoms. The SMILES string of the molecule is CC(C)(Cc1c(F)cccc1F)c1nc(N)nc(N2CCOCC2)n1. The van der Waals surface area contributed by atoms with Crippen molar-refractivity contribution in [3.8, 4) is 0 Å². The number of aromatic nitrogens is 3. The normalized spacial score (nSPS) is 15.4. The van der Waals surface area contributed by atoms with Gasteiger partial charge in [0.2, 0.25) is 11.9 Å². The summed E-state index contributed by atoms with van der Waals surface area (Å²) in [7, 11) is 0. The van der Waals surface area contributed by atoms with E-state index in [0.717, 1.165) is 0 Å². The van der Waals surface area contributed by atoms with E-state index in [9.17, 15) is 8.78 Å². The third-order valence-corrected chi connectivity index (χ3v) is 4.22. The van der Waals surface area contributed by atoms with Crippen molar-refractivity contribution in [3.05, 3.63) is 41.2 Å². The van der Waals surface area contributed by atoms with Gasteiger partial charge in [0.25, 0.3) is 0 Å². The van der Waals surface area contributed by atoms with Crippen LogP contribution in [-0.2, 0) is 16.6 Å². The van der Waals surface area contributed by atoms with Gasteiger partial charge in [-0.2, -0.15) is 15.0 Å². The number of nitrogen functional groups attached to an aromatic ring is 1. The molecule has 0 unspecified atom stereocenters. The summed E-state index contributed by atoms with van der Waals surface area (Å²) in [4.78, 5) is 14.9. The Morgan fingerprint density at radius 3 is 2.40 bits per heavy atom. The molecule has 0 bridgehead atoms. The van der Waals surface area contributed by atoms with E-state index in [1.165, 1.54) is 18.2 Å². The molecule has 0 atom stereocenters. The summed E-state index contributed by atoms with van der Waals surface area (Å²) < 4.78 is 33.3. The molecule has 25 heavy (non-hydrogen) atoms. The molecule has 8 heteroatoms. The van der Waals surface area contributed by atoms with Crippen molar-refractivity contribution in [2.24, 2.45) is 0 Å². The molecule has 2 heterocycles. The van der Waals surface area contributed by atoms with E-state index in [0.29, 0.717) is 38.1 Å². The third-order valence-electron chi connectivity index (χ3n) is 4.22. The van der Waals surface area contributed by atoms with Gasteiger partial charge in [-0.3, -0.25) is 0 Å². The Labute approximate surface area is 145 Å². The smallest absolute Gasteiger partial charge is 0.230 e. The van der Waals surface area contributed by atoms with Gasteiger partial charge in [0.15, 0.2) is 0 Å². The van der Waals surface area contributed by atoms with E-state index in [2.05, 4.69) is 15.0 Å². The Morgan fingerprint density at radius 2 is 1.76 bits per heavy atom. The van der Waals surface area contributed by atoms with Gasteiger partial charge in [0.05, 0.1) is 13.2 Å². The molecule has 1 aromatic carbocycles. The minimum atomic E-state index is -0.721. The highest BCUT2D eigenvalue weighted by Gasteiger charge is 2.29. The van der Waals surface area contributed by atoms with Crippen LogP contribution in [0.25, 0.3) is 0 Å². The first-order valence-electron chi connectivity index (χ1n) is 8.14. The van der Waals surface area contributed by atoms with Crippen LogP contribution in [0.4, 0.5) is 20.7 Å². The number of nitrogens with two attached hydrogens (primary N) is 1. The largest absolute Gasteiger partial charge is 0.378 e. The number of benzene rings is 1. The zero-order valence-corrected chi connectivity index (χ0v) is 14.3. The first-order valence-corrected chi connectivity index (χ1v) is 8.14. The second-order valence-corrected chi connectivity index (χ2v) is 6.68. The molecule has 1 aromatic heterocycles. The van der Waals surface area contributed by atoms with E-state index in [1.807, 2.05) is 18.7 Å². The van der Waals surface area contributed by atoms with E-state index < -0.39 is 17.0 Å². The zero-order chi connectivity index (χ0) is 18.0. The molecular weight excluding hydrogens is 328 g/mol. The van der Waals surface area contributed by atoms with Crippen LogP contribution >= 0.6 is 0 Å². The molecule has 0 radical (unpaired) electrons. The number of rotatable bonds is 4. The average molecular weight is 349 g/mol. The number of nitrogens with zero attached hydrogens (tertiary/aromatic N) is 4. The summed E-state index contributed by atoms with van der Waals surface area (Å²) in [6, 6.07) is 3.84. The lowest BCUT2D eigenvalue weighted by molar-refractivity contribution is 0.122. The van der Waals surface area contributed by atoms with E-state index in [1.54, 1.807) is 0 Å². The maximum absolute atomic E-state index is 14.0. The van der Waals surface area contributed by atoms with Gasteiger partial charge in [-0.05, 0) is 18.6 Å². The summed E-state index contributed by atoms with van der Waals surface area (Å²) in [5, 5.41) is 0. The highest BCUT2D eigenvalue weighted by atomic mass is 19.1. The lowest BCUT2D eigenvalue weighted by Crippen LogP contribution is -2.38. The molecule has 3 rings (SSSR count). The van der Waals surface area contributed by atoms with Gasteiger partial charge in [-0.15, -0.1) is 0 Å². The lowest BCUT2D eigenvalue weighted by Gasteiger charge is -2.29. The van der Waals surface area contributed by atoms with Crippen LogP contribution in [0.3, 0.4) is 0 Å². The number of anilines is 2. The molecule has 134 valence electrons. The Morgan fingerprint density at radius 1 is 1.12 bits per heavy atom. The molecule has 1 aliphatic rings. The summed E-state index contributed by atoms with van der Waals surface area (Å²) >= 11 is 0. The van der Waals surface area contributed by atoms with Crippen molar-refractivity contribution in [1.29, 1.82) is 0 Å². The number of halogens is 2. The van der Waals surface area contributed by atoms with E-state index >= 15 is 0 Å². The molecule has 2 N–H and O–H groups in total. The van der Waals surface area contributed by atoms with Gasteiger partial charge >= 0.3 is 0 Å². The van der Waals surface area contributed by atoms with Gasteiger partial charge in [0.1, 0.15) is 17.5 Å². The Bertz CT molecular complexity index is 742. The second kappa shape index (κ2) is 6.87. The number of hydrogen-bond donors (Lipinski definition) is 1. The summed E-state index contributed by atoms with van der Waals surface area (Å²) in [6.45, 7) is 6.15. The fourth-order valence-electron chi connectivity index (χ4n) is 2.81. The zero-order valence-electron chi connectivity index (χ0n) is 14.3. The first kappa shape index (κ1) is 17.5. The number of morpholine rings is 1.